The summed E-state index contributed by atoms with van der Waals surface area (Å²) < 4.78 is 5.45. The molecule has 0 aliphatic carbocycles. The fourth-order valence-corrected chi connectivity index (χ4v) is 1.69. The molecule has 0 saturated carbocycles. The maximum atomic E-state index is 9.55. The van der Waals surface area contributed by atoms with Crippen LogP contribution >= 0.6 is 0 Å². The lowest BCUT2D eigenvalue weighted by molar-refractivity contribution is 0.135. The summed E-state index contributed by atoms with van der Waals surface area (Å²) in [6.45, 7) is 2.65. The zero-order chi connectivity index (χ0) is 11.4. The lowest BCUT2D eigenvalue weighted by atomic mass is 10.1. The van der Waals surface area contributed by atoms with E-state index >= 15 is 0 Å². The van der Waals surface area contributed by atoms with Gasteiger partial charge in [0.05, 0.1) is 12.8 Å². The molecule has 0 saturated heterocycles. The summed E-state index contributed by atoms with van der Waals surface area (Å²) in [5, 5.41) is 12.8. The number of phenolic OH excluding ortho intramolecular Hbond substituents is 1. The monoisotopic (exact) mass is 219 g/mol. The van der Waals surface area contributed by atoms with Gasteiger partial charge in [0.25, 0.3) is 0 Å². The average Bonchev–Trinajstić information content (AvgIpc) is 2.32. The number of benzene rings is 1. The van der Waals surface area contributed by atoms with Crippen LogP contribution in [0.1, 0.15) is 18.4 Å². The molecule has 0 fully saturated rings. The molecule has 1 aliphatic rings. The molecule has 2 rings (SSSR count). The Labute approximate surface area is 95.7 Å². The molecule has 86 valence electrons. The summed E-state index contributed by atoms with van der Waals surface area (Å²) in [4.78, 5) is 0. The summed E-state index contributed by atoms with van der Waals surface area (Å²) in [7, 11) is 0. The largest absolute Gasteiger partial charge is 0.508 e. The zero-order valence-corrected chi connectivity index (χ0v) is 9.44. The number of phenols is 1. The molecule has 0 spiro atoms. The van der Waals surface area contributed by atoms with Crippen LogP contribution in [0, 0.1) is 6.92 Å². The predicted octanol–water partition coefficient (Wildman–Crippen LogP) is 2.81. The van der Waals surface area contributed by atoms with E-state index in [-0.39, 0.29) is 6.10 Å². The summed E-state index contributed by atoms with van der Waals surface area (Å²) in [6.07, 6.45) is 6.15. The molecule has 1 unspecified atom stereocenters. The second-order valence-electron chi connectivity index (χ2n) is 4.09. The summed E-state index contributed by atoms with van der Waals surface area (Å²) in [5.41, 5.74) is 1.82. The van der Waals surface area contributed by atoms with Crippen molar-refractivity contribution in [2.24, 2.45) is 0 Å². The van der Waals surface area contributed by atoms with Gasteiger partial charge in [-0.2, -0.15) is 0 Å². The van der Waals surface area contributed by atoms with Crippen LogP contribution < -0.4 is 5.32 Å². The predicted molar refractivity (Wildman–Crippen MR) is 64.6 cm³/mol. The Balaban J connectivity index is 1.89. The molecule has 0 aromatic heterocycles. The fraction of sp³-hybridized carbons (Fsp3) is 0.385. The molecule has 0 bridgehead atoms. The smallest absolute Gasteiger partial charge is 0.120 e. The van der Waals surface area contributed by atoms with Crippen LogP contribution in [-0.2, 0) is 4.74 Å². The number of aryl methyl sites for hydroxylation is 1. The van der Waals surface area contributed by atoms with Crippen molar-refractivity contribution in [3.63, 3.8) is 0 Å². The number of hydrogen-bond acceptors (Lipinski definition) is 3. The van der Waals surface area contributed by atoms with Gasteiger partial charge in [-0.05, 0) is 37.5 Å². The molecular weight excluding hydrogens is 202 g/mol. The van der Waals surface area contributed by atoms with E-state index in [2.05, 4.69) is 5.32 Å². The Hall–Kier alpha value is -1.64. The third-order valence-corrected chi connectivity index (χ3v) is 2.77. The molecule has 16 heavy (non-hydrogen) atoms. The topological polar surface area (TPSA) is 41.5 Å². The second-order valence-corrected chi connectivity index (χ2v) is 4.09. The van der Waals surface area contributed by atoms with Crippen LogP contribution in [0.25, 0.3) is 0 Å². The van der Waals surface area contributed by atoms with Gasteiger partial charge in [-0.3, -0.25) is 0 Å². The number of ether oxygens (including phenoxy) is 1. The Kier molecular flexibility index (Phi) is 3.34. The van der Waals surface area contributed by atoms with E-state index in [9.17, 15) is 5.11 Å². The third kappa shape index (κ3) is 2.69. The van der Waals surface area contributed by atoms with E-state index in [0.717, 1.165) is 30.6 Å². The number of aromatic hydroxyl groups is 1. The molecule has 0 radical (unpaired) electrons. The Morgan fingerprint density at radius 2 is 2.38 bits per heavy atom. The van der Waals surface area contributed by atoms with Crippen molar-refractivity contribution in [1.82, 2.24) is 0 Å². The second kappa shape index (κ2) is 4.92. The zero-order valence-electron chi connectivity index (χ0n) is 9.44. The molecule has 3 nitrogen and oxygen atoms in total. The highest BCUT2D eigenvalue weighted by Gasteiger charge is 2.10. The molecular formula is C13H17NO2. The molecule has 1 heterocycles. The first-order valence-corrected chi connectivity index (χ1v) is 5.59. The lowest BCUT2D eigenvalue weighted by Crippen LogP contribution is -2.22. The Morgan fingerprint density at radius 3 is 3.06 bits per heavy atom. The minimum Gasteiger partial charge on any atom is -0.508 e. The van der Waals surface area contributed by atoms with Gasteiger partial charge in [-0.1, -0.05) is 6.07 Å². The normalized spacial score (nSPS) is 19.2. The molecule has 0 amide bonds. The van der Waals surface area contributed by atoms with Gasteiger partial charge in [0.15, 0.2) is 0 Å². The van der Waals surface area contributed by atoms with Crippen molar-refractivity contribution in [2.75, 3.05) is 11.9 Å². The molecule has 2 N–H and O–H groups in total. The number of anilines is 1. The average molecular weight is 219 g/mol. The molecule has 1 atom stereocenters. The molecule has 1 aromatic carbocycles. The van der Waals surface area contributed by atoms with Crippen LogP contribution in [0.4, 0.5) is 5.69 Å². The summed E-state index contributed by atoms with van der Waals surface area (Å²) >= 11 is 0. The number of nitrogens with one attached hydrogen (secondary N) is 1. The van der Waals surface area contributed by atoms with Gasteiger partial charge in [0.1, 0.15) is 11.9 Å². The van der Waals surface area contributed by atoms with Crippen LogP contribution in [0.3, 0.4) is 0 Å². The minimum absolute atomic E-state index is 0.230. The highest BCUT2D eigenvalue weighted by Crippen LogP contribution is 2.21. The Bertz CT molecular complexity index is 388. The molecule has 3 heteroatoms. The van der Waals surface area contributed by atoms with E-state index in [4.69, 9.17) is 4.74 Å². The first-order chi connectivity index (χ1) is 7.75. The quantitative estimate of drug-likeness (QED) is 0.821. The van der Waals surface area contributed by atoms with Crippen molar-refractivity contribution in [3.8, 4) is 5.75 Å². The van der Waals surface area contributed by atoms with Crippen LogP contribution in [0.5, 0.6) is 5.75 Å². The molecule has 1 aromatic rings. The standard InChI is InChI=1S/C13H17NO2/c1-10-5-6-11(8-13(10)15)14-9-12-4-2-3-7-16-12/h3,5-8,12,14-15H,2,4,9H2,1H3. The maximum Gasteiger partial charge on any atom is 0.120 e. The van der Waals surface area contributed by atoms with Crippen LogP contribution in [0.15, 0.2) is 30.5 Å². The summed E-state index contributed by atoms with van der Waals surface area (Å²) in [5.74, 6) is 0.328. The number of rotatable bonds is 3. The van der Waals surface area contributed by atoms with E-state index in [1.165, 1.54) is 0 Å². The van der Waals surface area contributed by atoms with Crippen molar-refractivity contribution in [1.29, 1.82) is 0 Å². The van der Waals surface area contributed by atoms with E-state index in [1.807, 2.05) is 25.1 Å². The van der Waals surface area contributed by atoms with Gasteiger partial charge < -0.3 is 15.2 Å². The van der Waals surface area contributed by atoms with E-state index in [1.54, 1.807) is 12.3 Å². The minimum atomic E-state index is 0.230. The van der Waals surface area contributed by atoms with Gasteiger partial charge in [-0.15, -0.1) is 0 Å². The van der Waals surface area contributed by atoms with Crippen molar-refractivity contribution in [2.45, 2.75) is 25.9 Å². The van der Waals surface area contributed by atoms with Crippen LogP contribution in [-0.4, -0.2) is 17.8 Å². The van der Waals surface area contributed by atoms with Crippen molar-refractivity contribution >= 4 is 5.69 Å². The van der Waals surface area contributed by atoms with Gasteiger partial charge in [-0.25, -0.2) is 0 Å². The third-order valence-electron chi connectivity index (χ3n) is 2.77. The van der Waals surface area contributed by atoms with Crippen LogP contribution in [0.2, 0.25) is 0 Å². The van der Waals surface area contributed by atoms with E-state index in [0.29, 0.717) is 5.75 Å². The van der Waals surface area contributed by atoms with Crippen molar-refractivity contribution < 1.29 is 9.84 Å². The fourth-order valence-electron chi connectivity index (χ4n) is 1.69. The highest BCUT2D eigenvalue weighted by molar-refractivity contribution is 5.50. The Morgan fingerprint density at radius 1 is 1.50 bits per heavy atom. The highest BCUT2D eigenvalue weighted by atomic mass is 16.5. The lowest BCUT2D eigenvalue weighted by Gasteiger charge is -2.20. The molecule has 1 aliphatic heterocycles. The van der Waals surface area contributed by atoms with Gasteiger partial charge in [0.2, 0.25) is 0 Å². The SMILES string of the molecule is Cc1ccc(NCC2CCC=CO2)cc1O. The number of allylic oxidation sites excluding steroid dienone is 1. The first-order valence-electron chi connectivity index (χ1n) is 5.59. The number of hydrogen-bond donors (Lipinski definition) is 2. The van der Waals surface area contributed by atoms with E-state index < -0.39 is 0 Å². The summed E-state index contributed by atoms with van der Waals surface area (Å²) in [6, 6.07) is 5.61. The maximum absolute atomic E-state index is 9.55. The van der Waals surface area contributed by atoms with Gasteiger partial charge in [0, 0.05) is 11.8 Å². The van der Waals surface area contributed by atoms with Crippen molar-refractivity contribution in [3.05, 3.63) is 36.1 Å². The first kappa shape index (κ1) is 10.9. The van der Waals surface area contributed by atoms with Gasteiger partial charge >= 0.3 is 0 Å².